The Morgan fingerprint density at radius 1 is 1.39 bits per heavy atom. The van der Waals surface area contributed by atoms with Crippen LogP contribution in [0.15, 0.2) is 24.3 Å². The summed E-state index contributed by atoms with van der Waals surface area (Å²) in [6.07, 6.45) is 1.58. The summed E-state index contributed by atoms with van der Waals surface area (Å²) in [5.74, 6) is 0.217. The fraction of sp³-hybridized carbons (Fsp3) is 0.600. The van der Waals surface area contributed by atoms with E-state index in [4.69, 9.17) is 9.47 Å². The highest BCUT2D eigenvalue weighted by Crippen LogP contribution is 2.33. The standard InChI is InChI=1S/C15H22O3/c1-11-14(8-10-18-11)15(16)13-5-3-12(4-6-13)7-9-17-2/h3-6,11,14-16H,7-10H2,1-2H3. The second-order valence-corrected chi connectivity index (χ2v) is 4.96. The minimum Gasteiger partial charge on any atom is -0.388 e. The van der Waals surface area contributed by atoms with Crippen molar-refractivity contribution in [2.75, 3.05) is 20.3 Å². The molecule has 1 aromatic rings. The highest BCUT2D eigenvalue weighted by atomic mass is 16.5. The van der Waals surface area contributed by atoms with Crippen molar-refractivity contribution in [1.29, 1.82) is 0 Å². The van der Waals surface area contributed by atoms with Crippen LogP contribution in [-0.2, 0) is 15.9 Å². The van der Waals surface area contributed by atoms with Crippen molar-refractivity contribution < 1.29 is 14.6 Å². The van der Waals surface area contributed by atoms with E-state index < -0.39 is 6.10 Å². The van der Waals surface area contributed by atoms with E-state index in [1.54, 1.807) is 7.11 Å². The highest BCUT2D eigenvalue weighted by Gasteiger charge is 2.31. The maximum Gasteiger partial charge on any atom is 0.0843 e. The van der Waals surface area contributed by atoms with E-state index in [0.717, 1.165) is 31.6 Å². The molecule has 0 aromatic heterocycles. The molecule has 1 N–H and O–H groups in total. The molecule has 0 bridgehead atoms. The molecule has 18 heavy (non-hydrogen) atoms. The van der Waals surface area contributed by atoms with E-state index in [9.17, 15) is 5.11 Å². The van der Waals surface area contributed by atoms with Gasteiger partial charge in [-0.15, -0.1) is 0 Å². The van der Waals surface area contributed by atoms with Crippen molar-refractivity contribution in [1.82, 2.24) is 0 Å². The Hall–Kier alpha value is -0.900. The van der Waals surface area contributed by atoms with Gasteiger partial charge in [0.1, 0.15) is 0 Å². The van der Waals surface area contributed by atoms with E-state index >= 15 is 0 Å². The van der Waals surface area contributed by atoms with Crippen LogP contribution in [0.3, 0.4) is 0 Å². The molecule has 3 unspecified atom stereocenters. The lowest BCUT2D eigenvalue weighted by atomic mass is 9.90. The summed E-state index contributed by atoms with van der Waals surface area (Å²) < 4.78 is 10.6. The molecule has 0 spiro atoms. The lowest BCUT2D eigenvalue weighted by Gasteiger charge is -2.21. The van der Waals surface area contributed by atoms with Gasteiger partial charge in [-0.25, -0.2) is 0 Å². The third-order valence-corrected chi connectivity index (χ3v) is 3.76. The van der Waals surface area contributed by atoms with Crippen LogP contribution in [0.25, 0.3) is 0 Å². The lowest BCUT2D eigenvalue weighted by molar-refractivity contribution is 0.0431. The number of aliphatic hydroxyl groups excluding tert-OH is 1. The van der Waals surface area contributed by atoms with E-state index in [2.05, 4.69) is 12.1 Å². The zero-order valence-electron chi connectivity index (χ0n) is 11.1. The van der Waals surface area contributed by atoms with Gasteiger partial charge in [0.15, 0.2) is 0 Å². The average Bonchev–Trinajstić information content (AvgIpc) is 2.82. The van der Waals surface area contributed by atoms with Crippen LogP contribution in [0.2, 0.25) is 0 Å². The summed E-state index contributed by atoms with van der Waals surface area (Å²) in [6, 6.07) is 8.16. The van der Waals surface area contributed by atoms with Crippen molar-refractivity contribution in [3.05, 3.63) is 35.4 Å². The lowest BCUT2D eigenvalue weighted by Crippen LogP contribution is -2.19. The third-order valence-electron chi connectivity index (χ3n) is 3.76. The van der Waals surface area contributed by atoms with Crippen LogP contribution in [-0.4, -0.2) is 31.5 Å². The van der Waals surface area contributed by atoms with Gasteiger partial charge in [0.2, 0.25) is 0 Å². The summed E-state index contributed by atoms with van der Waals surface area (Å²) in [7, 11) is 1.71. The van der Waals surface area contributed by atoms with E-state index in [-0.39, 0.29) is 12.0 Å². The highest BCUT2D eigenvalue weighted by molar-refractivity contribution is 5.25. The summed E-state index contributed by atoms with van der Waals surface area (Å²) >= 11 is 0. The Kier molecular flexibility index (Phi) is 4.75. The Morgan fingerprint density at radius 3 is 2.67 bits per heavy atom. The van der Waals surface area contributed by atoms with Gasteiger partial charge in [-0.2, -0.15) is 0 Å². The number of hydrogen-bond donors (Lipinski definition) is 1. The number of aliphatic hydroxyl groups is 1. The van der Waals surface area contributed by atoms with Crippen LogP contribution in [0, 0.1) is 5.92 Å². The molecule has 3 nitrogen and oxygen atoms in total. The molecule has 1 aliphatic heterocycles. The Bertz CT molecular complexity index is 361. The summed E-state index contributed by atoms with van der Waals surface area (Å²) in [5.41, 5.74) is 2.22. The van der Waals surface area contributed by atoms with E-state index in [1.165, 1.54) is 5.56 Å². The molecular formula is C15H22O3. The number of ether oxygens (including phenoxy) is 2. The van der Waals surface area contributed by atoms with Gasteiger partial charge < -0.3 is 14.6 Å². The fourth-order valence-corrected chi connectivity index (χ4v) is 2.51. The first kappa shape index (κ1) is 13.5. The molecule has 2 rings (SSSR count). The molecule has 1 aliphatic rings. The van der Waals surface area contributed by atoms with Crippen molar-refractivity contribution in [2.24, 2.45) is 5.92 Å². The predicted octanol–water partition coefficient (Wildman–Crippen LogP) is 2.33. The van der Waals surface area contributed by atoms with Crippen molar-refractivity contribution in [3.8, 4) is 0 Å². The van der Waals surface area contributed by atoms with Gasteiger partial charge in [0.05, 0.1) is 18.8 Å². The normalized spacial score (nSPS) is 25.3. The summed E-state index contributed by atoms with van der Waals surface area (Å²) in [6.45, 7) is 3.53. The number of methoxy groups -OCH3 is 1. The van der Waals surface area contributed by atoms with Crippen LogP contribution in [0.5, 0.6) is 0 Å². The van der Waals surface area contributed by atoms with Crippen molar-refractivity contribution >= 4 is 0 Å². The van der Waals surface area contributed by atoms with Crippen LogP contribution < -0.4 is 0 Å². The average molecular weight is 250 g/mol. The molecule has 0 amide bonds. The largest absolute Gasteiger partial charge is 0.388 e. The molecular weight excluding hydrogens is 228 g/mol. The molecule has 100 valence electrons. The zero-order chi connectivity index (χ0) is 13.0. The Balaban J connectivity index is 2.00. The van der Waals surface area contributed by atoms with Gasteiger partial charge in [-0.3, -0.25) is 0 Å². The number of hydrogen-bond acceptors (Lipinski definition) is 3. The molecule has 0 saturated carbocycles. The molecule has 1 saturated heterocycles. The SMILES string of the molecule is COCCc1ccc(C(O)C2CCOC2C)cc1. The van der Waals surface area contributed by atoms with Crippen molar-refractivity contribution in [2.45, 2.75) is 32.0 Å². The first-order valence-corrected chi connectivity index (χ1v) is 6.60. The molecule has 3 heteroatoms. The molecule has 3 atom stereocenters. The molecule has 1 fully saturated rings. The molecule has 0 aliphatic carbocycles. The number of benzene rings is 1. The zero-order valence-corrected chi connectivity index (χ0v) is 11.1. The second-order valence-electron chi connectivity index (χ2n) is 4.96. The number of rotatable bonds is 5. The molecule has 0 radical (unpaired) electrons. The maximum absolute atomic E-state index is 10.4. The molecule has 1 heterocycles. The van der Waals surface area contributed by atoms with E-state index in [1.807, 2.05) is 19.1 Å². The maximum atomic E-state index is 10.4. The van der Waals surface area contributed by atoms with Gasteiger partial charge in [0, 0.05) is 19.6 Å². The summed E-state index contributed by atoms with van der Waals surface area (Å²) in [5, 5.41) is 10.4. The van der Waals surface area contributed by atoms with Gasteiger partial charge in [0.25, 0.3) is 0 Å². The smallest absolute Gasteiger partial charge is 0.0843 e. The van der Waals surface area contributed by atoms with Crippen molar-refractivity contribution in [3.63, 3.8) is 0 Å². The Morgan fingerprint density at radius 2 is 2.11 bits per heavy atom. The first-order valence-electron chi connectivity index (χ1n) is 6.60. The first-order chi connectivity index (χ1) is 8.72. The fourth-order valence-electron chi connectivity index (χ4n) is 2.51. The Labute approximate surface area is 109 Å². The van der Waals surface area contributed by atoms with Gasteiger partial charge >= 0.3 is 0 Å². The van der Waals surface area contributed by atoms with E-state index in [0.29, 0.717) is 0 Å². The quantitative estimate of drug-likeness (QED) is 0.871. The van der Waals surface area contributed by atoms with Crippen LogP contribution in [0.4, 0.5) is 0 Å². The minimum absolute atomic E-state index is 0.146. The van der Waals surface area contributed by atoms with Crippen LogP contribution >= 0.6 is 0 Å². The van der Waals surface area contributed by atoms with Gasteiger partial charge in [-0.1, -0.05) is 24.3 Å². The van der Waals surface area contributed by atoms with Crippen LogP contribution in [0.1, 0.15) is 30.6 Å². The van der Waals surface area contributed by atoms with Gasteiger partial charge in [-0.05, 0) is 30.9 Å². The third kappa shape index (κ3) is 3.10. The predicted molar refractivity (Wildman–Crippen MR) is 70.5 cm³/mol. The summed E-state index contributed by atoms with van der Waals surface area (Å²) in [4.78, 5) is 0. The topological polar surface area (TPSA) is 38.7 Å². The molecule has 1 aromatic carbocycles. The second kappa shape index (κ2) is 6.32. The monoisotopic (exact) mass is 250 g/mol. The minimum atomic E-state index is -0.418.